The number of hydrogen-bond acceptors (Lipinski definition) is 5. The van der Waals surface area contributed by atoms with E-state index in [0.717, 1.165) is 25.9 Å². The standard InChI is InChI=1S/C10H12N4O/c11-7-8-1-2-10(14-13-8)15-9-3-5-12-6-4-9/h1-2,9,12H,3-6H2. The fourth-order valence-corrected chi connectivity index (χ4v) is 1.53. The number of nitrogens with one attached hydrogen (secondary N) is 1. The summed E-state index contributed by atoms with van der Waals surface area (Å²) in [5.74, 6) is 0.501. The molecule has 1 fully saturated rings. The zero-order valence-electron chi connectivity index (χ0n) is 8.31. The third-order valence-electron chi connectivity index (χ3n) is 2.33. The Morgan fingerprint density at radius 1 is 1.33 bits per heavy atom. The van der Waals surface area contributed by atoms with Crippen molar-refractivity contribution in [3.8, 4) is 11.9 Å². The average molecular weight is 204 g/mol. The quantitative estimate of drug-likeness (QED) is 0.758. The van der Waals surface area contributed by atoms with Crippen LogP contribution in [-0.2, 0) is 0 Å². The van der Waals surface area contributed by atoms with Crippen LogP contribution in [-0.4, -0.2) is 29.4 Å². The molecule has 1 aromatic heterocycles. The Morgan fingerprint density at radius 2 is 2.13 bits per heavy atom. The van der Waals surface area contributed by atoms with Crippen LogP contribution in [0.4, 0.5) is 0 Å². The minimum Gasteiger partial charge on any atom is -0.473 e. The Labute approximate surface area is 88.1 Å². The summed E-state index contributed by atoms with van der Waals surface area (Å²) in [6.07, 6.45) is 2.19. The van der Waals surface area contributed by atoms with Gasteiger partial charge in [-0.1, -0.05) is 0 Å². The molecular formula is C10H12N4O. The summed E-state index contributed by atoms with van der Waals surface area (Å²) in [7, 11) is 0. The van der Waals surface area contributed by atoms with Crippen LogP contribution in [0.5, 0.6) is 5.88 Å². The lowest BCUT2D eigenvalue weighted by atomic mass is 10.1. The molecule has 15 heavy (non-hydrogen) atoms. The van der Waals surface area contributed by atoms with Gasteiger partial charge in [-0.15, -0.1) is 10.2 Å². The Morgan fingerprint density at radius 3 is 2.73 bits per heavy atom. The molecule has 0 radical (unpaired) electrons. The van der Waals surface area contributed by atoms with Gasteiger partial charge in [0.2, 0.25) is 5.88 Å². The first-order valence-electron chi connectivity index (χ1n) is 4.99. The molecule has 5 nitrogen and oxygen atoms in total. The van der Waals surface area contributed by atoms with Crippen molar-refractivity contribution in [2.45, 2.75) is 18.9 Å². The SMILES string of the molecule is N#Cc1ccc(OC2CCNCC2)nn1. The smallest absolute Gasteiger partial charge is 0.233 e. The minimum absolute atomic E-state index is 0.216. The second kappa shape index (κ2) is 4.71. The predicted molar refractivity (Wildman–Crippen MR) is 53.3 cm³/mol. The average Bonchev–Trinajstić information content (AvgIpc) is 2.31. The molecule has 1 aliphatic rings. The molecule has 5 heteroatoms. The van der Waals surface area contributed by atoms with Crippen molar-refractivity contribution in [3.05, 3.63) is 17.8 Å². The van der Waals surface area contributed by atoms with E-state index in [1.54, 1.807) is 12.1 Å². The number of aromatic nitrogens is 2. The lowest BCUT2D eigenvalue weighted by molar-refractivity contribution is 0.154. The van der Waals surface area contributed by atoms with E-state index in [1.165, 1.54) is 0 Å². The highest BCUT2D eigenvalue weighted by Gasteiger charge is 2.14. The minimum atomic E-state index is 0.216. The van der Waals surface area contributed by atoms with Crippen LogP contribution >= 0.6 is 0 Å². The summed E-state index contributed by atoms with van der Waals surface area (Å²) in [5, 5.41) is 19.3. The largest absolute Gasteiger partial charge is 0.473 e. The Bertz CT molecular complexity index is 351. The molecule has 0 aliphatic carbocycles. The van der Waals surface area contributed by atoms with Gasteiger partial charge in [0.05, 0.1) is 0 Å². The van der Waals surface area contributed by atoms with Crippen molar-refractivity contribution in [1.29, 1.82) is 5.26 Å². The summed E-state index contributed by atoms with van der Waals surface area (Å²) < 4.78 is 5.63. The molecule has 2 heterocycles. The summed E-state index contributed by atoms with van der Waals surface area (Å²) in [6.45, 7) is 1.96. The lowest BCUT2D eigenvalue weighted by Crippen LogP contribution is -2.34. The van der Waals surface area contributed by atoms with Gasteiger partial charge in [0.1, 0.15) is 12.2 Å². The fourth-order valence-electron chi connectivity index (χ4n) is 1.53. The molecule has 0 aromatic carbocycles. The van der Waals surface area contributed by atoms with Crippen molar-refractivity contribution >= 4 is 0 Å². The highest BCUT2D eigenvalue weighted by Crippen LogP contribution is 2.12. The summed E-state index contributed by atoms with van der Waals surface area (Å²) in [6, 6.07) is 5.22. The molecule has 1 aromatic rings. The van der Waals surface area contributed by atoms with Gasteiger partial charge in [0.15, 0.2) is 5.69 Å². The van der Waals surface area contributed by atoms with Crippen molar-refractivity contribution in [3.63, 3.8) is 0 Å². The van der Waals surface area contributed by atoms with E-state index in [2.05, 4.69) is 15.5 Å². The van der Waals surface area contributed by atoms with E-state index < -0.39 is 0 Å². The fraction of sp³-hybridized carbons (Fsp3) is 0.500. The van der Waals surface area contributed by atoms with Gasteiger partial charge in [-0.2, -0.15) is 5.26 Å². The molecule has 1 aliphatic heterocycles. The van der Waals surface area contributed by atoms with E-state index >= 15 is 0 Å². The van der Waals surface area contributed by atoms with Gasteiger partial charge < -0.3 is 10.1 Å². The van der Waals surface area contributed by atoms with Crippen molar-refractivity contribution in [1.82, 2.24) is 15.5 Å². The maximum atomic E-state index is 8.55. The first kappa shape index (κ1) is 9.87. The van der Waals surface area contributed by atoms with Gasteiger partial charge in [0.25, 0.3) is 0 Å². The molecule has 0 unspecified atom stereocenters. The number of nitriles is 1. The van der Waals surface area contributed by atoms with Crippen LogP contribution in [0.2, 0.25) is 0 Å². The van der Waals surface area contributed by atoms with Gasteiger partial charge in [-0.3, -0.25) is 0 Å². The Kier molecular flexibility index (Phi) is 3.10. The first-order chi connectivity index (χ1) is 7.38. The molecule has 0 amide bonds. The van der Waals surface area contributed by atoms with Crippen molar-refractivity contribution in [2.75, 3.05) is 13.1 Å². The summed E-state index contributed by atoms with van der Waals surface area (Å²) in [5.41, 5.74) is 0.313. The van der Waals surface area contributed by atoms with Crippen LogP contribution in [0.25, 0.3) is 0 Å². The first-order valence-corrected chi connectivity index (χ1v) is 4.99. The number of ether oxygens (including phenoxy) is 1. The normalized spacial score (nSPS) is 17.0. The van der Waals surface area contributed by atoms with Crippen LogP contribution in [0.3, 0.4) is 0 Å². The van der Waals surface area contributed by atoms with Gasteiger partial charge >= 0.3 is 0 Å². The van der Waals surface area contributed by atoms with Crippen LogP contribution in [0.15, 0.2) is 12.1 Å². The second-order valence-electron chi connectivity index (χ2n) is 3.44. The highest BCUT2D eigenvalue weighted by atomic mass is 16.5. The van der Waals surface area contributed by atoms with Gasteiger partial charge in [-0.25, -0.2) is 0 Å². The third kappa shape index (κ3) is 2.64. The van der Waals surface area contributed by atoms with Crippen LogP contribution < -0.4 is 10.1 Å². The summed E-state index contributed by atoms with van der Waals surface area (Å²) in [4.78, 5) is 0. The van der Waals surface area contributed by atoms with Gasteiger partial charge in [-0.05, 0) is 32.0 Å². The molecule has 1 N–H and O–H groups in total. The van der Waals surface area contributed by atoms with Crippen LogP contribution in [0.1, 0.15) is 18.5 Å². The van der Waals surface area contributed by atoms with Crippen molar-refractivity contribution in [2.24, 2.45) is 0 Å². The lowest BCUT2D eigenvalue weighted by Gasteiger charge is -2.22. The monoisotopic (exact) mass is 204 g/mol. The number of nitrogens with zero attached hydrogens (tertiary/aromatic N) is 3. The topological polar surface area (TPSA) is 70.8 Å². The Hall–Kier alpha value is -1.67. The maximum absolute atomic E-state index is 8.55. The molecule has 1 saturated heterocycles. The van der Waals surface area contributed by atoms with Crippen molar-refractivity contribution < 1.29 is 4.74 Å². The zero-order valence-corrected chi connectivity index (χ0v) is 8.31. The molecule has 78 valence electrons. The predicted octanol–water partition coefficient (Wildman–Crippen LogP) is 0.479. The van der Waals surface area contributed by atoms with Crippen LogP contribution in [0, 0.1) is 11.3 Å². The van der Waals surface area contributed by atoms with E-state index in [-0.39, 0.29) is 6.10 Å². The van der Waals surface area contributed by atoms with Gasteiger partial charge in [0, 0.05) is 6.07 Å². The molecular weight excluding hydrogens is 192 g/mol. The number of hydrogen-bond donors (Lipinski definition) is 1. The second-order valence-corrected chi connectivity index (χ2v) is 3.44. The molecule has 0 atom stereocenters. The highest BCUT2D eigenvalue weighted by molar-refractivity contribution is 5.21. The molecule has 0 saturated carbocycles. The zero-order chi connectivity index (χ0) is 10.5. The molecule has 0 bridgehead atoms. The van der Waals surface area contributed by atoms with E-state index in [4.69, 9.17) is 10.00 Å². The number of rotatable bonds is 2. The third-order valence-corrected chi connectivity index (χ3v) is 2.33. The summed E-state index contributed by atoms with van der Waals surface area (Å²) >= 11 is 0. The van der Waals surface area contributed by atoms with E-state index in [9.17, 15) is 0 Å². The molecule has 2 rings (SSSR count). The molecule has 0 spiro atoms. The van der Waals surface area contributed by atoms with E-state index in [1.807, 2.05) is 6.07 Å². The number of piperidine rings is 1. The van der Waals surface area contributed by atoms with E-state index in [0.29, 0.717) is 11.6 Å². The maximum Gasteiger partial charge on any atom is 0.233 e. The Balaban J connectivity index is 1.95.